The van der Waals surface area contributed by atoms with Crippen molar-refractivity contribution in [3.8, 4) is 0 Å². The minimum atomic E-state index is -0.835. The maximum atomic E-state index is 12.9. The molecule has 0 saturated carbocycles. The van der Waals surface area contributed by atoms with Gasteiger partial charge in [0.1, 0.15) is 0 Å². The molecular weight excluding hydrogens is 318 g/mol. The molecule has 2 aromatic rings. The van der Waals surface area contributed by atoms with E-state index in [9.17, 15) is 14.7 Å². The number of benzene rings is 1. The molecule has 1 N–H and O–H groups in total. The van der Waals surface area contributed by atoms with Crippen molar-refractivity contribution >= 4 is 11.9 Å². The van der Waals surface area contributed by atoms with Crippen molar-refractivity contribution in [2.45, 2.75) is 26.8 Å². The number of likely N-dealkylation sites (tertiary alicyclic amines) is 1. The molecule has 0 unspecified atom stereocenters. The Balaban J connectivity index is 1.81. The summed E-state index contributed by atoms with van der Waals surface area (Å²) in [4.78, 5) is 25.8. The van der Waals surface area contributed by atoms with Gasteiger partial charge in [-0.3, -0.25) is 14.3 Å². The molecule has 1 aliphatic rings. The van der Waals surface area contributed by atoms with Crippen LogP contribution in [0, 0.1) is 11.8 Å². The van der Waals surface area contributed by atoms with Crippen LogP contribution in [-0.2, 0) is 17.8 Å². The molecule has 6 nitrogen and oxygen atoms in total. The second kappa shape index (κ2) is 7.09. The number of hydrogen-bond donors (Lipinski definition) is 1. The predicted octanol–water partition coefficient (Wildman–Crippen LogP) is 2.29. The average Bonchev–Trinajstić information content (AvgIpc) is 3.18. The van der Waals surface area contributed by atoms with Gasteiger partial charge in [0, 0.05) is 13.1 Å². The Bertz CT molecular complexity index is 769. The zero-order valence-corrected chi connectivity index (χ0v) is 14.6. The van der Waals surface area contributed by atoms with E-state index in [2.05, 4.69) is 5.10 Å². The molecule has 132 valence electrons. The van der Waals surface area contributed by atoms with Gasteiger partial charge in [-0.1, -0.05) is 44.2 Å². The van der Waals surface area contributed by atoms with Gasteiger partial charge in [-0.2, -0.15) is 5.10 Å². The van der Waals surface area contributed by atoms with Crippen LogP contribution in [0.1, 0.15) is 35.5 Å². The fraction of sp³-hybridized carbons (Fsp3) is 0.421. The fourth-order valence-corrected chi connectivity index (χ4v) is 3.48. The first-order valence-electron chi connectivity index (χ1n) is 8.62. The molecule has 1 aromatic carbocycles. The second-order valence-corrected chi connectivity index (χ2v) is 6.63. The number of hydrogen-bond acceptors (Lipinski definition) is 3. The Morgan fingerprint density at radius 2 is 1.96 bits per heavy atom. The van der Waals surface area contributed by atoms with E-state index in [1.54, 1.807) is 11.1 Å². The van der Waals surface area contributed by atoms with Gasteiger partial charge in [-0.15, -0.1) is 0 Å². The monoisotopic (exact) mass is 341 g/mol. The van der Waals surface area contributed by atoms with Crippen LogP contribution in [0.4, 0.5) is 0 Å². The largest absolute Gasteiger partial charge is 0.481 e. The maximum absolute atomic E-state index is 12.9. The van der Waals surface area contributed by atoms with E-state index in [0.717, 1.165) is 11.3 Å². The molecule has 2 heterocycles. The summed E-state index contributed by atoms with van der Waals surface area (Å²) < 4.78 is 1.86. The molecule has 0 radical (unpaired) electrons. The summed E-state index contributed by atoms with van der Waals surface area (Å²) in [5.74, 6) is -1.48. The summed E-state index contributed by atoms with van der Waals surface area (Å²) in [7, 11) is 0. The van der Waals surface area contributed by atoms with Crippen molar-refractivity contribution in [1.82, 2.24) is 14.7 Å². The van der Waals surface area contributed by atoms with Gasteiger partial charge < -0.3 is 10.0 Å². The third kappa shape index (κ3) is 3.43. The standard InChI is InChI=1S/C19H23N3O3/c1-3-17-15(9-20-22(17)11-14-7-5-4-6-8-14)18(23)21-10-13(2)16(12-21)19(24)25/h4-9,13,16H,3,10-12H2,1-2H3,(H,24,25)/t13-,16-/m1/s1. The quantitative estimate of drug-likeness (QED) is 0.905. The first-order valence-corrected chi connectivity index (χ1v) is 8.62. The van der Waals surface area contributed by atoms with Gasteiger partial charge in [0.25, 0.3) is 5.91 Å². The predicted molar refractivity (Wildman–Crippen MR) is 93.3 cm³/mol. The second-order valence-electron chi connectivity index (χ2n) is 6.63. The first-order chi connectivity index (χ1) is 12.0. The van der Waals surface area contributed by atoms with Gasteiger partial charge in [-0.25, -0.2) is 0 Å². The van der Waals surface area contributed by atoms with Gasteiger partial charge in [0.05, 0.1) is 29.9 Å². The van der Waals surface area contributed by atoms with Crippen molar-refractivity contribution in [2.24, 2.45) is 11.8 Å². The van der Waals surface area contributed by atoms with Crippen LogP contribution in [0.25, 0.3) is 0 Å². The third-order valence-corrected chi connectivity index (χ3v) is 4.91. The summed E-state index contributed by atoms with van der Waals surface area (Å²) in [5, 5.41) is 13.7. The van der Waals surface area contributed by atoms with Crippen LogP contribution in [0.15, 0.2) is 36.5 Å². The molecule has 1 aliphatic heterocycles. The number of aliphatic carboxylic acids is 1. The number of amides is 1. The number of carbonyl (C=O) groups is 2. The van der Waals surface area contributed by atoms with Crippen molar-refractivity contribution < 1.29 is 14.7 Å². The summed E-state index contributed by atoms with van der Waals surface area (Å²) in [6, 6.07) is 9.99. The number of carboxylic acids is 1. The number of carbonyl (C=O) groups excluding carboxylic acids is 1. The lowest BCUT2D eigenvalue weighted by molar-refractivity contribution is -0.142. The molecule has 2 atom stereocenters. The van der Waals surface area contributed by atoms with Crippen LogP contribution in [-0.4, -0.2) is 44.8 Å². The molecule has 1 amide bonds. The van der Waals surface area contributed by atoms with E-state index in [0.29, 0.717) is 25.1 Å². The molecule has 25 heavy (non-hydrogen) atoms. The Kier molecular flexibility index (Phi) is 4.88. The van der Waals surface area contributed by atoms with Crippen LogP contribution < -0.4 is 0 Å². The van der Waals surface area contributed by atoms with E-state index in [4.69, 9.17) is 0 Å². The molecule has 1 aromatic heterocycles. The molecule has 1 saturated heterocycles. The smallest absolute Gasteiger partial charge is 0.308 e. The highest BCUT2D eigenvalue weighted by Gasteiger charge is 2.38. The minimum Gasteiger partial charge on any atom is -0.481 e. The average molecular weight is 341 g/mol. The summed E-state index contributed by atoms with van der Waals surface area (Å²) in [6.45, 7) is 5.24. The number of carboxylic acid groups (broad SMARTS) is 1. The molecular formula is C19H23N3O3. The van der Waals surface area contributed by atoms with Crippen LogP contribution in [0.5, 0.6) is 0 Å². The Morgan fingerprint density at radius 3 is 2.56 bits per heavy atom. The van der Waals surface area contributed by atoms with Crippen molar-refractivity contribution in [3.05, 3.63) is 53.3 Å². The van der Waals surface area contributed by atoms with Crippen molar-refractivity contribution in [2.75, 3.05) is 13.1 Å². The van der Waals surface area contributed by atoms with Crippen LogP contribution in [0.3, 0.4) is 0 Å². The zero-order valence-electron chi connectivity index (χ0n) is 14.6. The van der Waals surface area contributed by atoms with Crippen LogP contribution in [0.2, 0.25) is 0 Å². The lowest BCUT2D eigenvalue weighted by Gasteiger charge is -2.16. The van der Waals surface area contributed by atoms with Gasteiger partial charge >= 0.3 is 5.97 Å². The van der Waals surface area contributed by atoms with Gasteiger partial charge in [0.2, 0.25) is 0 Å². The minimum absolute atomic E-state index is 0.0362. The lowest BCUT2D eigenvalue weighted by Crippen LogP contribution is -2.30. The normalized spacial score (nSPS) is 20.0. The highest BCUT2D eigenvalue weighted by Crippen LogP contribution is 2.25. The van der Waals surface area contributed by atoms with E-state index >= 15 is 0 Å². The molecule has 3 rings (SSSR count). The van der Waals surface area contributed by atoms with E-state index < -0.39 is 11.9 Å². The third-order valence-electron chi connectivity index (χ3n) is 4.91. The zero-order chi connectivity index (χ0) is 18.0. The van der Waals surface area contributed by atoms with E-state index in [1.165, 1.54) is 0 Å². The van der Waals surface area contributed by atoms with Gasteiger partial charge in [0.15, 0.2) is 0 Å². The highest BCUT2D eigenvalue weighted by atomic mass is 16.4. The number of nitrogens with zero attached hydrogens (tertiary/aromatic N) is 3. The van der Waals surface area contributed by atoms with E-state index in [1.807, 2.05) is 48.9 Å². The van der Waals surface area contributed by atoms with E-state index in [-0.39, 0.29) is 18.4 Å². The fourth-order valence-electron chi connectivity index (χ4n) is 3.48. The first kappa shape index (κ1) is 17.2. The Hall–Kier alpha value is -2.63. The maximum Gasteiger partial charge on any atom is 0.308 e. The highest BCUT2D eigenvalue weighted by molar-refractivity contribution is 5.95. The summed E-state index contributed by atoms with van der Waals surface area (Å²) in [5.41, 5.74) is 2.59. The van der Waals surface area contributed by atoms with Crippen molar-refractivity contribution in [1.29, 1.82) is 0 Å². The SMILES string of the molecule is CCc1c(C(=O)N2C[C@@H](C)[C@H](C(=O)O)C2)cnn1Cc1ccccc1. The molecule has 6 heteroatoms. The van der Waals surface area contributed by atoms with Crippen molar-refractivity contribution in [3.63, 3.8) is 0 Å². The molecule has 1 fully saturated rings. The van der Waals surface area contributed by atoms with Crippen LogP contribution >= 0.6 is 0 Å². The molecule has 0 aliphatic carbocycles. The Morgan fingerprint density at radius 1 is 1.24 bits per heavy atom. The topological polar surface area (TPSA) is 75.4 Å². The Labute approximate surface area is 147 Å². The summed E-state index contributed by atoms with van der Waals surface area (Å²) in [6.07, 6.45) is 2.31. The molecule has 0 spiro atoms. The summed E-state index contributed by atoms with van der Waals surface area (Å²) >= 11 is 0. The molecule has 0 bridgehead atoms. The lowest BCUT2D eigenvalue weighted by atomic mass is 9.99. The number of aromatic nitrogens is 2. The van der Waals surface area contributed by atoms with Gasteiger partial charge in [-0.05, 0) is 17.9 Å². The number of rotatable bonds is 5.